The molecule has 1 unspecified atom stereocenters. The Kier molecular flexibility index (Phi) is 6.53. The highest BCUT2D eigenvalue weighted by Crippen LogP contribution is 2.24. The molecule has 8 nitrogen and oxygen atoms in total. The van der Waals surface area contributed by atoms with Crippen molar-refractivity contribution in [1.29, 1.82) is 0 Å². The Balaban J connectivity index is 2.40. The largest absolute Gasteiger partial charge is 0.465 e. The van der Waals surface area contributed by atoms with Crippen LogP contribution in [0.1, 0.15) is 50.6 Å². The molecule has 0 aliphatic carbocycles. The molecule has 0 bridgehead atoms. The molecule has 1 aromatic carbocycles. The minimum absolute atomic E-state index is 0.0841. The van der Waals surface area contributed by atoms with Gasteiger partial charge < -0.3 is 20.4 Å². The van der Waals surface area contributed by atoms with Crippen molar-refractivity contribution in [2.75, 3.05) is 14.2 Å². The molecule has 3 N–H and O–H groups in total. The first kappa shape index (κ1) is 21.8. The van der Waals surface area contributed by atoms with E-state index < -0.39 is 29.6 Å². The molecule has 154 valence electrons. The molecule has 1 atom stereocenters. The predicted octanol–water partition coefficient (Wildman–Crippen LogP) is 1.68. The molecular weight excluding hydrogens is 381 g/mol. The predicted molar refractivity (Wildman–Crippen MR) is 102 cm³/mol. The number of Topliss-reactive ketones (excluding diaryl/α,β-unsaturated/α-hetero) is 1. The van der Waals surface area contributed by atoms with E-state index in [4.69, 9.17) is 10.5 Å². The van der Waals surface area contributed by atoms with E-state index in [1.165, 1.54) is 39.3 Å². The number of hydrogen-bond acceptors (Lipinski definition) is 5. The fourth-order valence-corrected chi connectivity index (χ4v) is 3.20. The van der Waals surface area contributed by atoms with Gasteiger partial charge in [0, 0.05) is 19.7 Å². The van der Waals surface area contributed by atoms with E-state index >= 15 is 0 Å². The average molecular weight is 403 g/mol. The summed E-state index contributed by atoms with van der Waals surface area (Å²) < 4.78 is 18.3. The van der Waals surface area contributed by atoms with Crippen molar-refractivity contribution < 1.29 is 28.3 Å². The number of nitrogens with zero attached hydrogens (tertiary/aromatic N) is 1. The molecule has 1 aromatic heterocycles. The Labute approximate surface area is 166 Å². The van der Waals surface area contributed by atoms with Gasteiger partial charge >= 0.3 is 5.97 Å². The van der Waals surface area contributed by atoms with E-state index in [1.807, 2.05) is 0 Å². The van der Waals surface area contributed by atoms with Crippen molar-refractivity contribution in [3.05, 3.63) is 58.2 Å². The number of aromatic amines is 1. The highest BCUT2D eigenvalue weighted by atomic mass is 19.1. The van der Waals surface area contributed by atoms with Crippen molar-refractivity contribution in [3.8, 4) is 0 Å². The smallest absolute Gasteiger partial charge is 0.339 e. The minimum Gasteiger partial charge on any atom is -0.465 e. The number of carbonyl (C=O) groups is 4. The number of esters is 1. The molecule has 0 saturated carbocycles. The van der Waals surface area contributed by atoms with Crippen LogP contribution >= 0.6 is 0 Å². The third-order valence-corrected chi connectivity index (χ3v) is 4.61. The van der Waals surface area contributed by atoms with Gasteiger partial charge in [0.1, 0.15) is 11.9 Å². The molecule has 0 saturated heterocycles. The lowest BCUT2D eigenvalue weighted by molar-refractivity contribution is -0.137. The van der Waals surface area contributed by atoms with Crippen LogP contribution in [0.5, 0.6) is 0 Å². The number of nitrogens with two attached hydrogens (primary N) is 1. The number of benzene rings is 1. The summed E-state index contributed by atoms with van der Waals surface area (Å²) in [6.45, 7) is 2.89. The van der Waals surface area contributed by atoms with Gasteiger partial charge in [-0.15, -0.1) is 0 Å². The summed E-state index contributed by atoms with van der Waals surface area (Å²) in [6.07, 6.45) is -0.325. The Morgan fingerprint density at radius 1 is 1.28 bits per heavy atom. The number of H-pyrrole nitrogens is 1. The number of aromatic nitrogens is 1. The second-order valence-electron chi connectivity index (χ2n) is 6.57. The molecule has 29 heavy (non-hydrogen) atoms. The summed E-state index contributed by atoms with van der Waals surface area (Å²) >= 11 is 0. The van der Waals surface area contributed by atoms with Crippen LogP contribution in [-0.2, 0) is 20.7 Å². The molecule has 2 rings (SSSR count). The van der Waals surface area contributed by atoms with Gasteiger partial charge in [-0.05, 0) is 30.2 Å². The standard InChI is InChI=1S/C20H22FN3O5/c1-10-16(20(28)29-4)14(23-17(10)11(2)25)9-15(26)24(3)18(19(22)27)12-6-5-7-13(21)8-12/h5-8,18,23H,9H2,1-4H3,(H2,22,27). The Bertz CT molecular complexity index is 982. The van der Waals surface area contributed by atoms with Crippen LogP contribution < -0.4 is 5.73 Å². The zero-order valence-corrected chi connectivity index (χ0v) is 16.5. The lowest BCUT2D eigenvalue weighted by Gasteiger charge is -2.26. The van der Waals surface area contributed by atoms with Crippen LogP contribution in [0.25, 0.3) is 0 Å². The molecular formula is C20H22FN3O5. The monoisotopic (exact) mass is 403 g/mol. The van der Waals surface area contributed by atoms with Crippen molar-refractivity contribution in [3.63, 3.8) is 0 Å². The zero-order valence-electron chi connectivity index (χ0n) is 16.5. The summed E-state index contributed by atoms with van der Waals surface area (Å²) in [5, 5.41) is 0. The van der Waals surface area contributed by atoms with Gasteiger partial charge in [0.2, 0.25) is 11.8 Å². The van der Waals surface area contributed by atoms with Crippen LogP contribution in [0.2, 0.25) is 0 Å². The molecule has 0 fully saturated rings. The number of ketones is 1. The molecule has 2 amide bonds. The number of primary amides is 1. The van der Waals surface area contributed by atoms with Crippen LogP contribution in [0.3, 0.4) is 0 Å². The van der Waals surface area contributed by atoms with Crippen molar-refractivity contribution in [2.24, 2.45) is 5.73 Å². The van der Waals surface area contributed by atoms with Crippen LogP contribution in [-0.4, -0.2) is 47.6 Å². The molecule has 0 aliphatic rings. The molecule has 0 spiro atoms. The topological polar surface area (TPSA) is 123 Å². The fourth-order valence-electron chi connectivity index (χ4n) is 3.20. The van der Waals surface area contributed by atoms with Crippen molar-refractivity contribution in [1.82, 2.24) is 9.88 Å². The maximum absolute atomic E-state index is 13.6. The third-order valence-electron chi connectivity index (χ3n) is 4.61. The molecule has 1 heterocycles. The number of rotatable bonds is 7. The molecule has 2 aromatic rings. The summed E-state index contributed by atoms with van der Waals surface area (Å²) in [5.41, 5.74) is 6.47. The quantitative estimate of drug-likeness (QED) is 0.538. The minimum atomic E-state index is -1.21. The summed E-state index contributed by atoms with van der Waals surface area (Å²) in [4.78, 5) is 52.6. The van der Waals surface area contributed by atoms with Crippen molar-refractivity contribution >= 4 is 23.6 Å². The number of halogens is 1. The lowest BCUT2D eigenvalue weighted by Crippen LogP contribution is -2.40. The first-order chi connectivity index (χ1) is 13.6. The number of hydrogen-bond donors (Lipinski definition) is 2. The van der Waals surface area contributed by atoms with E-state index in [-0.39, 0.29) is 34.7 Å². The number of nitrogens with one attached hydrogen (secondary N) is 1. The Morgan fingerprint density at radius 3 is 2.45 bits per heavy atom. The maximum atomic E-state index is 13.6. The lowest BCUT2D eigenvalue weighted by atomic mass is 10.0. The number of amides is 2. The van der Waals surface area contributed by atoms with Crippen LogP contribution in [0, 0.1) is 12.7 Å². The summed E-state index contributed by atoms with van der Waals surface area (Å²) in [6, 6.07) is 4.00. The van der Waals surface area contributed by atoms with Crippen molar-refractivity contribution in [2.45, 2.75) is 26.3 Å². The van der Waals surface area contributed by atoms with Gasteiger partial charge in [0.25, 0.3) is 0 Å². The normalized spacial score (nSPS) is 11.6. The van der Waals surface area contributed by atoms with Gasteiger partial charge in [0.05, 0.1) is 24.8 Å². The summed E-state index contributed by atoms with van der Waals surface area (Å²) in [7, 11) is 2.54. The SMILES string of the molecule is COC(=O)c1c(CC(=O)N(C)C(C(N)=O)c2cccc(F)c2)[nH]c(C(C)=O)c1C. The van der Waals surface area contributed by atoms with Gasteiger partial charge in [-0.1, -0.05) is 12.1 Å². The zero-order chi connectivity index (χ0) is 21.9. The second kappa shape index (κ2) is 8.68. The average Bonchev–Trinajstić information content (AvgIpc) is 2.97. The van der Waals surface area contributed by atoms with Gasteiger partial charge in [0.15, 0.2) is 5.78 Å². The molecule has 0 radical (unpaired) electrons. The number of ether oxygens (including phenoxy) is 1. The number of methoxy groups -OCH3 is 1. The Hall–Kier alpha value is -3.49. The number of likely N-dealkylation sites (N-methyl/N-ethyl adjacent to an activating group) is 1. The van der Waals surface area contributed by atoms with E-state index in [0.29, 0.717) is 5.56 Å². The van der Waals surface area contributed by atoms with E-state index in [1.54, 1.807) is 6.92 Å². The van der Waals surface area contributed by atoms with Gasteiger partial charge in [-0.25, -0.2) is 9.18 Å². The van der Waals surface area contributed by atoms with Gasteiger partial charge in [-0.2, -0.15) is 0 Å². The first-order valence-corrected chi connectivity index (χ1v) is 8.69. The van der Waals surface area contributed by atoms with Crippen LogP contribution in [0.15, 0.2) is 24.3 Å². The molecule has 9 heteroatoms. The first-order valence-electron chi connectivity index (χ1n) is 8.69. The third kappa shape index (κ3) is 4.50. The van der Waals surface area contributed by atoms with Gasteiger partial charge in [-0.3, -0.25) is 14.4 Å². The summed E-state index contributed by atoms with van der Waals surface area (Å²) in [5.74, 6) is -3.00. The second-order valence-corrected chi connectivity index (χ2v) is 6.57. The Morgan fingerprint density at radius 2 is 1.93 bits per heavy atom. The van der Waals surface area contributed by atoms with E-state index in [2.05, 4.69) is 4.98 Å². The number of carbonyl (C=O) groups excluding carboxylic acids is 4. The molecule has 0 aliphatic heterocycles. The van der Waals surface area contributed by atoms with Crippen LogP contribution in [0.4, 0.5) is 4.39 Å². The van der Waals surface area contributed by atoms with E-state index in [9.17, 15) is 23.6 Å². The highest BCUT2D eigenvalue weighted by Gasteiger charge is 2.30. The fraction of sp³-hybridized carbons (Fsp3) is 0.300. The highest BCUT2D eigenvalue weighted by molar-refractivity contribution is 6.01. The van der Waals surface area contributed by atoms with E-state index in [0.717, 1.165) is 11.0 Å². The maximum Gasteiger partial charge on any atom is 0.339 e.